The fraction of sp³-hybridized carbons (Fsp3) is 0.531. The zero-order chi connectivity index (χ0) is 33.1. The number of rotatable bonds is 10. The fourth-order valence-electron chi connectivity index (χ4n) is 5.51. The summed E-state index contributed by atoms with van der Waals surface area (Å²) in [7, 11) is -4.51. The first kappa shape index (κ1) is 34.6. The molecule has 0 radical (unpaired) electrons. The maximum absolute atomic E-state index is 14.7. The highest BCUT2D eigenvalue weighted by Crippen LogP contribution is 2.35. The summed E-state index contributed by atoms with van der Waals surface area (Å²) in [6.45, 7) is 7.61. The smallest absolute Gasteiger partial charge is 0.425 e. The van der Waals surface area contributed by atoms with Gasteiger partial charge >= 0.3 is 16.3 Å². The molecule has 10 nitrogen and oxygen atoms in total. The highest BCUT2D eigenvalue weighted by Gasteiger charge is 2.51. The number of carbonyl (C=O) groups is 3. The quantitative estimate of drug-likeness (QED) is 0.320. The lowest BCUT2D eigenvalue weighted by Gasteiger charge is -2.35. The molecule has 45 heavy (non-hydrogen) atoms. The van der Waals surface area contributed by atoms with Crippen LogP contribution in [-0.2, 0) is 24.5 Å². The van der Waals surface area contributed by atoms with Crippen LogP contribution in [0.2, 0.25) is 5.02 Å². The van der Waals surface area contributed by atoms with Crippen molar-refractivity contribution in [1.29, 1.82) is 0 Å². The first-order chi connectivity index (χ1) is 21.1. The van der Waals surface area contributed by atoms with E-state index in [4.69, 9.17) is 16.3 Å². The van der Waals surface area contributed by atoms with Gasteiger partial charge in [-0.1, -0.05) is 69.0 Å². The molecule has 1 N–H and O–H groups in total. The topological polar surface area (TPSA) is 116 Å². The predicted molar refractivity (Wildman–Crippen MR) is 170 cm³/mol. The average molecular weight is 665 g/mol. The summed E-state index contributed by atoms with van der Waals surface area (Å²) < 4.78 is 49.2. The maximum Gasteiger partial charge on any atom is 0.425 e. The van der Waals surface area contributed by atoms with Crippen molar-refractivity contribution in [3.63, 3.8) is 0 Å². The third-order valence-electron chi connectivity index (χ3n) is 7.84. The number of halogens is 2. The van der Waals surface area contributed by atoms with E-state index in [2.05, 4.69) is 5.32 Å². The predicted octanol–water partition coefficient (Wildman–Crippen LogP) is 5.82. The molecule has 4 rings (SSSR count). The zero-order valence-electron chi connectivity index (χ0n) is 26.3. The lowest BCUT2D eigenvalue weighted by molar-refractivity contribution is -0.127. The molecule has 2 aromatic carbocycles. The van der Waals surface area contributed by atoms with Gasteiger partial charge < -0.3 is 10.1 Å². The fourth-order valence-corrected chi connectivity index (χ4v) is 7.43. The highest BCUT2D eigenvalue weighted by atomic mass is 35.5. The molecule has 0 aromatic heterocycles. The summed E-state index contributed by atoms with van der Waals surface area (Å²) in [6, 6.07) is 9.62. The molecule has 2 aromatic rings. The number of benzene rings is 2. The molecular formula is C32H42ClFN4O6S. The SMILES string of the molecule is CC(C)[C@@H]1CN1S(=O)(=O)N(CC(=O)N(c1cccc(F)c1)[C@H](C(=O)NC1CCCCC1)c1ccccc1Cl)C(=O)OC(C)(C)C. The van der Waals surface area contributed by atoms with E-state index in [0.717, 1.165) is 47.4 Å². The van der Waals surface area contributed by atoms with Gasteiger partial charge in [-0.2, -0.15) is 17.0 Å². The molecule has 3 amide bonds. The van der Waals surface area contributed by atoms with Gasteiger partial charge in [0, 0.05) is 34.9 Å². The Labute approximate surface area is 270 Å². The molecule has 1 aliphatic heterocycles. The normalized spacial score (nSPS) is 19.5. The first-order valence-electron chi connectivity index (χ1n) is 15.2. The van der Waals surface area contributed by atoms with Crippen LogP contribution in [0.5, 0.6) is 0 Å². The number of nitrogens with zero attached hydrogens (tertiary/aromatic N) is 3. The molecule has 2 fully saturated rings. The Kier molecular flexibility index (Phi) is 10.8. The van der Waals surface area contributed by atoms with Gasteiger partial charge in [-0.3, -0.25) is 14.5 Å². The van der Waals surface area contributed by atoms with Gasteiger partial charge in [0.15, 0.2) is 0 Å². The third kappa shape index (κ3) is 8.53. The molecule has 3 atom stereocenters. The van der Waals surface area contributed by atoms with Crippen LogP contribution in [0.1, 0.15) is 78.3 Å². The van der Waals surface area contributed by atoms with Gasteiger partial charge in [0.2, 0.25) is 11.8 Å². The Morgan fingerprint density at radius 1 is 1.07 bits per heavy atom. The summed E-state index contributed by atoms with van der Waals surface area (Å²) >= 11 is 6.59. The minimum atomic E-state index is -4.51. The number of carbonyl (C=O) groups excluding carboxylic acids is 3. The Bertz CT molecular complexity index is 1510. The van der Waals surface area contributed by atoms with Crippen molar-refractivity contribution in [2.75, 3.05) is 18.0 Å². The Hall–Kier alpha value is -3.22. The standard InChI is InChI=1S/C32H42ClFN4O6S/c1-21(2)27-19-36(27)45(42,43)37(31(41)44-32(3,4)5)20-28(39)38(24-15-11-12-22(34)18-24)29(25-16-9-10-17-26(25)33)30(40)35-23-13-7-6-8-14-23/h9-12,15-18,21,23,27,29H,6-8,13-14,19-20H2,1-5H3,(H,35,40)/t27-,29-,36?/m0/s1. The second-order valence-corrected chi connectivity index (χ2v) is 15.1. The summed E-state index contributed by atoms with van der Waals surface area (Å²) in [6.07, 6.45) is 3.19. The van der Waals surface area contributed by atoms with E-state index >= 15 is 0 Å². The molecule has 0 spiro atoms. The second kappa shape index (κ2) is 14.0. The Morgan fingerprint density at radius 2 is 1.73 bits per heavy atom. The van der Waals surface area contributed by atoms with Crippen LogP contribution in [-0.4, -0.2) is 65.7 Å². The maximum atomic E-state index is 14.7. The third-order valence-corrected chi connectivity index (χ3v) is 10.0. The van der Waals surface area contributed by atoms with Gasteiger partial charge in [-0.15, -0.1) is 0 Å². The van der Waals surface area contributed by atoms with E-state index in [0.29, 0.717) is 4.31 Å². The van der Waals surface area contributed by atoms with Crippen molar-refractivity contribution in [3.8, 4) is 0 Å². The Morgan fingerprint density at radius 3 is 2.31 bits per heavy atom. The lowest BCUT2D eigenvalue weighted by atomic mass is 9.94. The molecule has 2 aliphatic rings. The minimum Gasteiger partial charge on any atom is -0.443 e. The monoisotopic (exact) mass is 664 g/mol. The molecule has 1 saturated heterocycles. The first-order valence-corrected chi connectivity index (χ1v) is 17.0. The van der Waals surface area contributed by atoms with Crippen LogP contribution in [0, 0.1) is 11.7 Å². The molecule has 1 unspecified atom stereocenters. The van der Waals surface area contributed by atoms with E-state index in [1.807, 2.05) is 13.8 Å². The summed E-state index contributed by atoms with van der Waals surface area (Å²) in [4.78, 5) is 43.0. The van der Waals surface area contributed by atoms with Gasteiger partial charge in [0.05, 0.1) is 0 Å². The molecule has 13 heteroatoms. The van der Waals surface area contributed by atoms with Crippen molar-refractivity contribution < 1.29 is 31.9 Å². The van der Waals surface area contributed by atoms with Crippen molar-refractivity contribution in [1.82, 2.24) is 13.9 Å². The van der Waals surface area contributed by atoms with E-state index in [9.17, 15) is 27.2 Å². The molecule has 1 aliphatic carbocycles. The van der Waals surface area contributed by atoms with Crippen LogP contribution in [0.25, 0.3) is 0 Å². The van der Waals surface area contributed by atoms with Gasteiger partial charge in [0.25, 0.3) is 0 Å². The number of amides is 3. The highest BCUT2D eigenvalue weighted by molar-refractivity contribution is 7.87. The molecule has 1 heterocycles. The van der Waals surface area contributed by atoms with Crippen LogP contribution in [0.3, 0.4) is 0 Å². The van der Waals surface area contributed by atoms with Gasteiger partial charge in [-0.05, 0) is 63.8 Å². The number of ether oxygens (including phenoxy) is 1. The van der Waals surface area contributed by atoms with Crippen molar-refractivity contribution in [2.24, 2.45) is 5.92 Å². The summed E-state index contributed by atoms with van der Waals surface area (Å²) in [5.41, 5.74) is -0.841. The summed E-state index contributed by atoms with van der Waals surface area (Å²) in [5.74, 6) is -2.24. The molecular weight excluding hydrogens is 623 g/mol. The van der Waals surface area contributed by atoms with E-state index in [1.54, 1.807) is 45.0 Å². The van der Waals surface area contributed by atoms with Crippen molar-refractivity contribution in [3.05, 3.63) is 64.9 Å². The number of anilines is 1. The minimum absolute atomic E-state index is 0.0166. The van der Waals surface area contributed by atoms with Crippen molar-refractivity contribution >= 4 is 45.4 Å². The van der Waals surface area contributed by atoms with E-state index in [1.165, 1.54) is 18.2 Å². The second-order valence-electron chi connectivity index (χ2n) is 12.9. The van der Waals surface area contributed by atoms with Gasteiger partial charge in [0.1, 0.15) is 24.0 Å². The van der Waals surface area contributed by atoms with Crippen LogP contribution >= 0.6 is 11.6 Å². The average Bonchev–Trinajstić information content (AvgIpc) is 3.77. The molecule has 1 saturated carbocycles. The van der Waals surface area contributed by atoms with Crippen LogP contribution < -0.4 is 10.2 Å². The number of hydrogen-bond donors (Lipinski definition) is 1. The number of nitrogens with one attached hydrogen (secondary N) is 1. The largest absolute Gasteiger partial charge is 0.443 e. The summed E-state index contributed by atoms with van der Waals surface area (Å²) in [5, 5.41) is 3.21. The Balaban J connectivity index is 1.80. The zero-order valence-corrected chi connectivity index (χ0v) is 27.9. The number of hydrogen-bond acceptors (Lipinski definition) is 6. The van der Waals surface area contributed by atoms with Crippen LogP contribution in [0.15, 0.2) is 48.5 Å². The van der Waals surface area contributed by atoms with E-state index in [-0.39, 0.29) is 40.8 Å². The molecule has 246 valence electrons. The van der Waals surface area contributed by atoms with Crippen molar-refractivity contribution in [2.45, 2.75) is 90.4 Å². The van der Waals surface area contributed by atoms with Crippen LogP contribution in [0.4, 0.5) is 14.9 Å². The van der Waals surface area contributed by atoms with Gasteiger partial charge in [-0.25, -0.2) is 9.18 Å². The molecule has 0 bridgehead atoms. The lowest BCUT2D eigenvalue weighted by Crippen LogP contribution is -2.53. The van der Waals surface area contributed by atoms with E-state index < -0.39 is 52.1 Å².